The number of Topliss-reactive ketones (excluding diaryl/α,β-unsaturated/α-hetero) is 1. The van der Waals surface area contributed by atoms with Gasteiger partial charge in [-0.2, -0.15) is 0 Å². The van der Waals surface area contributed by atoms with Gasteiger partial charge >= 0.3 is 5.97 Å². The highest BCUT2D eigenvalue weighted by atomic mass is 35.5. The molecule has 2 saturated carbocycles. The molecule has 1 unspecified atom stereocenters. The summed E-state index contributed by atoms with van der Waals surface area (Å²) in [6.07, 6.45) is 11.4. The van der Waals surface area contributed by atoms with Crippen molar-refractivity contribution < 1.29 is 51.4 Å². The lowest BCUT2D eigenvalue weighted by Crippen LogP contribution is -2.61. The second-order valence-corrected chi connectivity index (χ2v) is 28.9. The first-order chi connectivity index (χ1) is 43.2. The largest absolute Gasteiger partial charge is 0.480 e. The summed E-state index contributed by atoms with van der Waals surface area (Å²) in [5, 5.41) is 39.3. The summed E-state index contributed by atoms with van der Waals surface area (Å²) in [5.74, 6) is -3.31. The van der Waals surface area contributed by atoms with Crippen LogP contribution in [0.25, 0.3) is 0 Å². The van der Waals surface area contributed by atoms with Crippen molar-refractivity contribution >= 4 is 81.3 Å². The lowest BCUT2D eigenvalue weighted by atomic mass is 9.53. The molecule has 8 aliphatic rings. The minimum absolute atomic E-state index is 0.0497. The van der Waals surface area contributed by atoms with Gasteiger partial charge in [0.15, 0.2) is 27.7 Å². The Kier molecular flexibility index (Phi) is 17.6. The van der Waals surface area contributed by atoms with Crippen LogP contribution in [-0.4, -0.2) is 101 Å². The Labute approximate surface area is 545 Å². The molecule has 26 heteroatoms. The van der Waals surface area contributed by atoms with Gasteiger partial charge in [0.05, 0.1) is 19.3 Å². The number of carbonyl (C=O) groups excluding carboxylic acids is 3. The number of benzene rings is 2. The van der Waals surface area contributed by atoms with Crippen LogP contribution in [0.2, 0.25) is 20.4 Å². The van der Waals surface area contributed by atoms with E-state index in [0.29, 0.717) is 95.9 Å². The molecule has 2 aromatic carbocycles. The van der Waals surface area contributed by atoms with E-state index in [1.54, 1.807) is 50.2 Å². The third-order valence-electron chi connectivity index (χ3n) is 20.8. The van der Waals surface area contributed by atoms with Crippen molar-refractivity contribution in [3.63, 3.8) is 0 Å². The summed E-state index contributed by atoms with van der Waals surface area (Å²) in [7, 11) is 0. The van der Waals surface area contributed by atoms with Crippen LogP contribution in [0.3, 0.4) is 0 Å². The molecular formula is C65H73Cl4F2N11O9. The summed E-state index contributed by atoms with van der Waals surface area (Å²) < 4.78 is 53.9. The van der Waals surface area contributed by atoms with Crippen LogP contribution in [0.1, 0.15) is 181 Å². The minimum Gasteiger partial charge on any atom is -0.480 e. The SMILES string of the molecule is CC1(C)CCC2(CC1)N[C@@H](C(=O)O)[C@H](c1ccnc(Cl)c1F)C21C(=O)Nc2cc(Cl)ccc21.Cc1nnc([C@@H]2CC[C@@H](CC(=O)[C@@H]3NC4(CCC(C)(C)CC4)[C@@]4(C(=O)Nc5cc(Cl)ccc54)[C@H]3c3ccnc(Cl)c3F)CO2)o1.Cc1nnc([C@@H]2CC[C@@H](N)CO2)o1. The van der Waals surface area contributed by atoms with E-state index in [0.717, 1.165) is 50.5 Å². The summed E-state index contributed by atoms with van der Waals surface area (Å²) in [5.41, 5.74) is 4.16. The van der Waals surface area contributed by atoms with E-state index < -0.39 is 63.4 Å². The van der Waals surface area contributed by atoms with E-state index in [9.17, 15) is 24.3 Å². The van der Waals surface area contributed by atoms with Crippen LogP contribution in [0, 0.1) is 42.2 Å². The summed E-state index contributed by atoms with van der Waals surface area (Å²) in [6, 6.07) is 11.5. The Bertz CT molecular complexity index is 3800. The van der Waals surface area contributed by atoms with Gasteiger partial charge in [0, 0.05) is 83.0 Å². The molecule has 10 atom stereocenters. The molecule has 0 bridgehead atoms. The molecule has 20 nitrogen and oxygen atoms in total. The van der Waals surface area contributed by atoms with Gasteiger partial charge in [-0.05, 0) is 152 Å². The first-order valence-corrected chi connectivity index (χ1v) is 32.5. The van der Waals surface area contributed by atoms with Crippen molar-refractivity contribution in [3.05, 3.63) is 139 Å². The number of aliphatic carboxylic acids is 1. The van der Waals surface area contributed by atoms with E-state index in [2.05, 4.69) is 79.3 Å². The molecule has 0 radical (unpaired) electrons. The number of carboxylic acid groups (broad SMARTS) is 1. The number of pyridine rings is 2. The average molecular weight is 1330 g/mol. The number of halogens is 6. The maximum atomic E-state index is 16.1. The number of anilines is 2. The molecule has 484 valence electrons. The number of carboxylic acids is 1. The first-order valence-electron chi connectivity index (χ1n) is 30.9. The zero-order chi connectivity index (χ0) is 64.7. The number of hydrogen-bond acceptors (Lipinski definition) is 17. The molecule has 4 saturated heterocycles. The highest BCUT2D eigenvalue weighted by Crippen LogP contribution is 2.66. The Hall–Kier alpha value is -6.08. The van der Waals surface area contributed by atoms with E-state index in [4.69, 9.17) is 70.4 Å². The number of rotatable bonds is 8. The van der Waals surface area contributed by atoms with Crippen LogP contribution in [0.15, 0.2) is 69.8 Å². The predicted octanol–water partition coefficient (Wildman–Crippen LogP) is 12.1. The first kappa shape index (κ1) is 65.0. The number of nitrogens with one attached hydrogen (secondary N) is 4. The minimum atomic E-state index is -1.36. The van der Waals surface area contributed by atoms with E-state index in [-0.39, 0.29) is 80.4 Å². The normalized spacial score (nSPS) is 29.6. The monoisotopic (exact) mass is 1330 g/mol. The second-order valence-electron chi connectivity index (χ2n) is 27.4. The number of hydrogen-bond donors (Lipinski definition) is 6. The smallest absolute Gasteiger partial charge is 0.321 e. The summed E-state index contributed by atoms with van der Waals surface area (Å²) in [4.78, 5) is 63.4. The number of aryl methyl sites for hydroxylation is 2. The predicted molar refractivity (Wildman–Crippen MR) is 334 cm³/mol. The number of nitrogens with zero attached hydrogens (tertiary/aromatic N) is 6. The van der Waals surface area contributed by atoms with E-state index in [1.165, 1.54) is 18.5 Å². The Morgan fingerprint density at radius 1 is 0.615 bits per heavy atom. The standard InChI is InChI=1S/C33H36Cl2FN5O4.C24H24Cl2FN3O3.C8H13N3O2/c1-17-40-41-29(45-17)24-7-4-18(16-44-24)14-23(42)27-25(20-8-13-37-28(35)26(20)36)33(32(39-27)11-9-31(2,3)10-12-32)21-6-5-19(34)15-22(21)38-30(33)43;1-22(2)6-8-23(9-7-22)24(14-4-3-12(25)11-15(14)29-21(24)33)16(18(30-23)20(31)32)13-5-10-28-19(26)17(13)27;1-5-10-11-8(13-5)7-3-2-6(9)4-12-7/h5-6,8,13,15,18,24-25,27,39H,4,7,9-12,14,16H2,1-3H3,(H,38,43);3-5,10-11,16,18,30H,6-9H2,1-2H3,(H,29,33)(H,31,32);6-7H,2-4,9H2,1H3/t18-,24-,25-,27-,33+;16-,18+,24?;6-,7+/m001/s1. The molecule has 6 fully saturated rings. The molecule has 2 aliphatic carbocycles. The zero-order valence-electron chi connectivity index (χ0n) is 51.2. The summed E-state index contributed by atoms with van der Waals surface area (Å²) in [6.45, 7) is 13.2. The third kappa shape index (κ3) is 11.4. The van der Waals surface area contributed by atoms with Gasteiger partial charge in [-0.15, -0.1) is 20.4 Å². The van der Waals surface area contributed by atoms with Gasteiger partial charge in [-0.1, -0.05) is 86.2 Å². The maximum absolute atomic E-state index is 16.1. The summed E-state index contributed by atoms with van der Waals surface area (Å²) >= 11 is 24.9. The molecule has 6 aromatic rings. The quantitative estimate of drug-likeness (QED) is 0.0772. The number of aromatic nitrogens is 6. The fourth-order valence-corrected chi connectivity index (χ4v) is 16.8. The van der Waals surface area contributed by atoms with E-state index in [1.807, 2.05) is 6.07 Å². The fourth-order valence-electron chi connectivity index (χ4n) is 16.1. The van der Waals surface area contributed by atoms with Gasteiger partial charge in [0.2, 0.25) is 35.4 Å². The number of amides is 2. The molecule has 4 aromatic heterocycles. The van der Waals surface area contributed by atoms with Gasteiger partial charge < -0.3 is 39.8 Å². The van der Waals surface area contributed by atoms with Crippen molar-refractivity contribution in [1.29, 1.82) is 0 Å². The zero-order valence-corrected chi connectivity index (χ0v) is 54.3. The lowest BCUT2D eigenvalue weighted by molar-refractivity contribution is -0.139. The van der Waals surface area contributed by atoms with Crippen LogP contribution >= 0.6 is 46.4 Å². The highest BCUT2D eigenvalue weighted by molar-refractivity contribution is 6.32. The number of nitrogens with two attached hydrogens (primary N) is 1. The molecule has 7 N–H and O–H groups in total. The molecular weight excluding hydrogens is 1260 g/mol. The lowest BCUT2D eigenvalue weighted by Gasteiger charge is -2.50. The van der Waals surface area contributed by atoms with Crippen molar-refractivity contribution in [2.24, 2.45) is 22.5 Å². The van der Waals surface area contributed by atoms with Gasteiger partial charge in [0.25, 0.3) is 0 Å². The molecule has 2 amide bonds. The highest BCUT2D eigenvalue weighted by Gasteiger charge is 2.75. The Morgan fingerprint density at radius 3 is 1.46 bits per heavy atom. The Morgan fingerprint density at radius 2 is 1.05 bits per heavy atom. The molecule has 10 heterocycles. The van der Waals surface area contributed by atoms with Crippen LogP contribution in [0.4, 0.5) is 20.2 Å². The van der Waals surface area contributed by atoms with Crippen molar-refractivity contribution in [3.8, 4) is 0 Å². The Balaban J connectivity index is 0.000000151. The average Bonchev–Trinajstić information content (AvgIpc) is 1.52. The molecule has 6 aliphatic heterocycles. The van der Waals surface area contributed by atoms with Crippen molar-refractivity contribution in [2.75, 3.05) is 23.8 Å². The van der Waals surface area contributed by atoms with Crippen molar-refractivity contribution in [1.82, 2.24) is 41.0 Å². The second kappa shape index (κ2) is 24.7. The van der Waals surface area contributed by atoms with Gasteiger partial charge in [-0.25, -0.2) is 18.7 Å². The van der Waals surface area contributed by atoms with Gasteiger partial charge in [0.1, 0.15) is 29.1 Å². The van der Waals surface area contributed by atoms with Crippen molar-refractivity contribution in [2.45, 2.75) is 189 Å². The van der Waals surface area contributed by atoms with Crippen LogP contribution < -0.4 is 27.0 Å². The van der Waals surface area contributed by atoms with E-state index >= 15 is 8.78 Å². The number of carbonyl (C=O) groups is 4. The van der Waals surface area contributed by atoms with Crippen LogP contribution in [-0.2, 0) is 39.5 Å². The number of ether oxygens (including phenoxy) is 2. The molecule has 14 rings (SSSR count). The fraction of sp³-hybridized carbons (Fsp3) is 0.538. The molecule has 91 heavy (non-hydrogen) atoms. The number of fused-ring (bicyclic) bond motifs is 6. The molecule has 4 spiro atoms. The maximum Gasteiger partial charge on any atom is 0.321 e. The number of ketones is 1. The topological polar surface area (TPSA) is 285 Å². The third-order valence-corrected chi connectivity index (χ3v) is 21.8. The van der Waals surface area contributed by atoms with Gasteiger partial charge in [-0.3, -0.25) is 29.8 Å². The van der Waals surface area contributed by atoms with Crippen LogP contribution in [0.5, 0.6) is 0 Å².